The molecule has 0 radical (unpaired) electrons. The number of likely N-dealkylation sites (tertiary alicyclic amines) is 1. The molecule has 9 nitrogen and oxygen atoms in total. The first kappa shape index (κ1) is 15.9. The van der Waals surface area contributed by atoms with Crippen molar-refractivity contribution in [2.75, 3.05) is 26.7 Å². The normalized spacial score (nSPS) is 24.4. The van der Waals surface area contributed by atoms with E-state index >= 15 is 0 Å². The Morgan fingerprint density at radius 3 is 2.61 bits per heavy atom. The first-order valence-corrected chi connectivity index (χ1v) is 8.77. The monoisotopic (exact) mass is 342 g/mol. The quantitative estimate of drug-likeness (QED) is 0.750. The van der Waals surface area contributed by atoms with Gasteiger partial charge < -0.3 is 14.7 Å². The van der Waals surface area contributed by atoms with E-state index in [2.05, 4.69) is 10.5 Å². The van der Waals surface area contributed by atoms with Gasteiger partial charge in [-0.15, -0.1) is 0 Å². The highest BCUT2D eigenvalue weighted by atomic mass is 32.2. The number of nitrogens with zero attached hydrogens (tertiary/aromatic N) is 3. The number of carbonyl (C=O) groups is 2. The molecule has 0 spiro atoms. The molecule has 2 fully saturated rings. The van der Waals surface area contributed by atoms with Gasteiger partial charge in [-0.2, -0.15) is 0 Å². The predicted molar refractivity (Wildman–Crippen MR) is 79.0 cm³/mol. The number of nitrogens with one attached hydrogen (secondary N) is 1. The van der Waals surface area contributed by atoms with Crippen molar-refractivity contribution in [3.8, 4) is 0 Å². The van der Waals surface area contributed by atoms with E-state index in [1.165, 1.54) is 22.4 Å². The maximum Gasteiger partial charge on any atom is 0.290 e. The highest BCUT2D eigenvalue weighted by Crippen LogP contribution is 2.24. The van der Waals surface area contributed by atoms with Crippen molar-refractivity contribution in [3.05, 3.63) is 17.5 Å². The number of rotatable bonds is 3. The van der Waals surface area contributed by atoms with Gasteiger partial charge in [-0.1, -0.05) is 5.16 Å². The maximum atomic E-state index is 12.3. The Balaban J connectivity index is 1.54. The Morgan fingerprint density at radius 1 is 1.39 bits per heavy atom. The molecule has 0 aromatic carbocycles. The predicted octanol–water partition coefficient (Wildman–Crippen LogP) is -1.04. The number of aryl methyl sites for hydroxylation is 1. The molecule has 23 heavy (non-hydrogen) atoms. The molecule has 1 aromatic rings. The van der Waals surface area contributed by atoms with Crippen molar-refractivity contribution in [3.63, 3.8) is 0 Å². The van der Waals surface area contributed by atoms with Crippen LogP contribution in [0.4, 0.5) is 0 Å². The topological polar surface area (TPSA) is 113 Å². The summed E-state index contributed by atoms with van der Waals surface area (Å²) in [4.78, 5) is 25.7. The van der Waals surface area contributed by atoms with Crippen LogP contribution in [0.2, 0.25) is 0 Å². The maximum absolute atomic E-state index is 12.3. The average molecular weight is 342 g/mol. The van der Waals surface area contributed by atoms with E-state index in [0.717, 1.165) is 0 Å². The molecule has 1 aromatic heterocycles. The van der Waals surface area contributed by atoms with Crippen LogP contribution in [0.5, 0.6) is 0 Å². The van der Waals surface area contributed by atoms with Crippen molar-refractivity contribution >= 4 is 21.8 Å². The number of hydrogen-bond acceptors (Lipinski definition) is 6. The molecule has 2 aliphatic rings. The highest BCUT2D eigenvalue weighted by molar-refractivity contribution is 7.90. The second kappa shape index (κ2) is 5.60. The fourth-order valence-electron chi connectivity index (χ4n) is 2.76. The van der Waals surface area contributed by atoms with Crippen LogP contribution in [-0.4, -0.2) is 72.6 Å². The van der Waals surface area contributed by atoms with Crippen LogP contribution in [0.3, 0.4) is 0 Å². The zero-order chi connectivity index (χ0) is 16.8. The minimum Gasteiger partial charge on any atom is -0.351 e. The van der Waals surface area contributed by atoms with Crippen LogP contribution >= 0.6 is 0 Å². The van der Waals surface area contributed by atoms with Gasteiger partial charge in [-0.25, -0.2) is 12.7 Å². The van der Waals surface area contributed by atoms with E-state index in [1.54, 1.807) is 6.92 Å². The second-order valence-electron chi connectivity index (χ2n) is 5.90. The average Bonchev–Trinajstić information content (AvgIpc) is 2.97. The molecule has 2 aliphatic heterocycles. The SMILES string of the molecule is Cc1cnoc1C(=O)NC1CN(C(=O)C2CCN(C)S2(=O)=O)C1. The van der Waals surface area contributed by atoms with Crippen molar-refractivity contribution in [1.82, 2.24) is 19.7 Å². The Bertz CT molecular complexity index is 737. The van der Waals surface area contributed by atoms with Crippen LogP contribution in [0, 0.1) is 6.92 Å². The van der Waals surface area contributed by atoms with E-state index in [-0.39, 0.29) is 17.7 Å². The lowest BCUT2D eigenvalue weighted by Gasteiger charge is -2.40. The number of carbonyl (C=O) groups excluding carboxylic acids is 2. The molecule has 3 rings (SSSR count). The van der Waals surface area contributed by atoms with Gasteiger partial charge in [0.15, 0.2) is 5.25 Å². The van der Waals surface area contributed by atoms with E-state index in [1.807, 2.05) is 0 Å². The summed E-state index contributed by atoms with van der Waals surface area (Å²) in [6.07, 6.45) is 1.76. The Morgan fingerprint density at radius 2 is 2.09 bits per heavy atom. The van der Waals surface area contributed by atoms with E-state index < -0.39 is 21.2 Å². The summed E-state index contributed by atoms with van der Waals surface area (Å²) in [5.74, 6) is -0.629. The van der Waals surface area contributed by atoms with Crippen molar-refractivity contribution in [2.45, 2.75) is 24.6 Å². The minimum absolute atomic E-state index is 0.148. The molecular formula is C13H18N4O5S. The standard InChI is InChI=1S/C13H18N4O5S/c1-8-5-14-22-11(8)12(18)15-9-6-17(7-9)13(19)10-3-4-16(2)23(10,20)21/h5,9-10H,3-4,6-7H2,1-2H3,(H,15,18). The summed E-state index contributed by atoms with van der Waals surface area (Å²) in [6, 6.07) is -0.210. The summed E-state index contributed by atoms with van der Waals surface area (Å²) in [6.45, 7) is 2.67. The lowest BCUT2D eigenvalue weighted by Crippen LogP contribution is -2.63. The van der Waals surface area contributed by atoms with E-state index in [0.29, 0.717) is 31.6 Å². The molecule has 1 unspecified atom stereocenters. The smallest absolute Gasteiger partial charge is 0.290 e. The minimum atomic E-state index is -3.54. The molecule has 0 aliphatic carbocycles. The molecule has 10 heteroatoms. The zero-order valence-corrected chi connectivity index (χ0v) is 13.7. The number of aromatic nitrogens is 1. The molecular weight excluding hydrogens is 324 g/mol. The summed E-state index contributed by atoms with van der Waals surface area (Å²) < 4.78 is 30.1. The zero-order valence-electron chi connectivity index (χ0n) is 12.9. The van der Waals surface area contributed by atoms with Gasteiger partial charge in [-0.05, 0) is 13.3 Å². The molecule has 1 atom stereocenters. The van der Waals surface area contributed by atoms with Crippen molar-refractivity contribution in [2.24, 2.45) is 0 Å². The van der Waals surface area contributed by atoms with Crippen molar-refractivity contribution < 1.29 is 22.5 Å². The van der Waals surface area contributed by atoms with Gasteiger partial charge in [-0.3, -0.25) is 9.59 Å². The second-order valence-corrected chi connectivity index (χ2v) is 8.12. The van der Waals surface area contributed by atoms with Gasteiger partial charge in [0.25, 0.3) is 5.91 Å². The fraction of sp³-hybridized carbons (Fsp3) is 0.615. The lowest BCUT2D eigenvalue weighted by atomic mass is 10.1. The molecule has 3 heterocycles. The van der Waals surface area contributed by atoms with Crippen LogP contribution in [0.25, 0.3) is 0 Å². The van der Waals surface area contributed by atoms with Gasteiger partial charge in [0.05, 0.1) is 12.2 Å². The largest absolute Gasteiger partial charge is 0.351 e. The third kappa shape index (κ3) is 2.72. The van der Waals surface area contributed by atoms with Crippen LogP contribution in [0.1, 0.15) is 22.5 Å². The first-order chi connectivity index (χ1) is 10.8. The first-order valence-electron chi connectivity index (χ1n) is 7.27. The van der Waals surface area contributed by atoms with Crippen LogP contribution in [-0.2, 0) is 14.8 Å². The van der Waals surface area contributed by atoms with Gasteiger partial charge >= 0.3 is 0 Å². The lowest BCUT2D eigenvalue weighted by molar-refractivity contribution is -0.135. The molecule has 0 bridgehead atoms. The fourth-order valence-corrected chi connectivity index (χ4v) is 4.36. The van der Waals surface area contributed by atoms with Gasteiger partial charge in [0.2, 0.25) is 21.7 Å². The van der Waals surface area contributed by atoms with E-state index in [9.17, 15) is 18.0 Å². The summed E-state index contributed by atoms with van der Waals surface area (Å²) in [5.41, 5.74) is 0.634. The number of sulfonamides is 1. The third-order valence-electron chi connectivity index (χ3n) is 4.26. The van der Waals surface area contributed by atoms with Crippen LogP contribution in [0.15, 0.2) is 10.7 Å². The molecule has 1 N–H and O–H groups in total. The molecule has 0 saturated carbocycles. The Hall–Kier alpha value is -1.94. The summed E-state index contributed by atoms with van der Waals surface area (Å²) in [5, 5.41) is 5.28. The molecule has 2 amide bonds. The number of amides is 2. The van der Waals surface area contributed by atoms with Gasteiger partial charge in [0, 0.05) is 32.2 Å². The molecule has 126 valence electrons. The van der Waals surface area contributed by atoms with Gasteiger partial charge in [0.1, 0.15) is 0 Å². The molecule has 2 saturated heterocycles. The third-order valence-corrected chi connectivity index (χ3v) is 6.47. The highest BCUT2D eigenvalue weighted by Gasteiger charge is 2.46. The van der Waals surface area contributed by atoms with Crippen LogP contribution < -0.4 is 5.32 Å². The summed E-state index contributed by atoms with van der Waals surface area (Å²) >= 11 is 0. The number of hydrogen-bond donors (Lipinski definition) is 1. The Kier molecular flexibility index (Phi) is 3.88. The summed E-state index contributed by atoms with van der Waals surface area (Å²) in [7, 11) is -2.06. The van der Waals surface area contributed by atoms with Crippen molar-refractivity contribution in [1.29, 1.82) is 0 Å². The van der Waals surface area contributed by atoms with E-state index in [4.69, 9.17) is 4.52 Å². The Labute approximate surface area is 133 Å².